The highest BCUT2D eigenvalue weighted by Crippen LogP contribution is 2.29. The molecule has 0 unspecified atom stereocenters. The number of benzene rings is 2. The summed E-state index contributed by atoms with van der Waals surface area (Å²) in [6.45, 7) is 0.462. The molecule has 0 aliphatic heterocycles. The normalized spacial score (nSPS) is 10.8. The number of aromatic carboxylic acids is 1. The average molecular weight is 367 g/mol. The lowest BCUT2D eigenvalue weighted by molar-refractivity contribution is 0.0702. The van der Waals surface area contributed by atoms with E-state index in [-0.39, 0.29) is 4.88 Å². The van der Waals surface area contributed by atoms with Crippen LogP contribution in [0.25, 0.3) is 12.2 Å². The number of hydrogen-bond donors (Lipinski definition) is 1. The first kappa shape index (κ1) is 17.7. The Morgan fingerprint density at radius 3 is 2.65 bits per heavy atom. The summed E-state index contributed by atoms with van der Waals surface area (Å²) in [7, 11) is 1.60. The van der Waals surface area contributed by atoms with E-state index in [2.05, 4.69) is 4.98 Å². The third kappa shape index (κ3) is 4.49. The fraction of sp³-hybridized carbons (Fsp3) is 0.100. The van der Waals surface area contributed by atoms with E-state index in [4.69, 9.17) is 14.6 Å². The first-order chi connectivity index (χ1) is 12.7. The van der Waals surface area contributed by atoms with Crippen LogP contribution in [0.1, 0.15) is 25.8 Å². The molecule has 0 amide bonds. The van der Waals surface area contributed by atoms with Crippen molar-refractivity contribution < 1.29 is 19.4 Å². The van der Waals surface area contributed by atoms with Gasteiger partial charge in [0, 0.05) is 0 Å². The van der Waals surface area contributed by atoms with Crippen molar-refractivity contribution in [3.8, 4) is 11.5 Å². The molecule has 0 aliphatic carbocycles. The minimum absolute atomic E-state index is 0.215. The van der Waals surface area contributed by atoms with Gasteiger partial charge in [-0.25, -0.2) is 9.78 Å². The molecule has 0 radical (unpaired) electrons. The number of ether oxygens (including phenoxy) is 2. The third-order valence-electron chi connectivity index (χ3n) is 3.58. The highest BCUT2D eigenvalue weighted by Gasteiger charge is 2.07. The highest BCUT2D eigenvalue weighted by atomic mass is 32.1. The van der Waals surface area contributed by atoms with Crippen LogP contribution in [0.3, 0.4) is 0 Å². The fourth-order valence-corrected chi connectivity index (χ4v) is 2.93. The molecule has 0 saturated carbocycles. The number of carbonyl (C=O) groups is 1. The molecular weight excluding hydrogens is 350 g/mol. The maximum Gasteiger partial charge on any atom is 0.347 e. The van der Waals surface area contributed by atoms with Crippen molar-refractivity contribution in [3.63, 3.8) is 0 Å². The molecular formula is C20H17NO4S. The molecule has 0 fully saturated rings. The molecule has 0 bridgehead atoms. The van der Waals surface area contributed by atoms with E-state index in [1.54, 1.807) is 13.2 Å². The average Bonchev–Trinajstić information content (AvgIpc) is 3.15. The number of hydrogen-bond acceptors (Lipinski definition) is 5. The standard InChI is InChI=1S/C20H17NO4S/c1-24-17-11-14(8-10-19-21-12-18(26-19)20(22)23)7-9-16(17)25-13-15-5-3-2-4-6-15/h2-12H,13H2,1H3,(H,22,23)/b10-8-. The molecule has 1 heterocycles. The van der Waals surface area contributed by atoms with E-state index in [0.29, 0.717) is 23.1 Å². The summed E-state index contributed by atoms with van der Waals surface area (Å²) in [6.07, 6.45) is 4.98. The molecule has 5 nitrogen and oxygen atoms in total. The van der Waals surface area contributed by atoms with E-state index < -0.39 is 5.97 Å². The Labute approximate surface area is 155 Å². The van der Waals surface area contributed by atoms with E-state index in [1.165, 1.54) is 6.20 Å². The summed E-state index contributed by atoms with van der Waals surface area (Å²) >= 11 is 1.13. The molecule has 0 spiro atoms. The van der Waals surface area contributed by atoms with Crippen LogP contribution < -0.4 is 9.47 Å². The molecule has 6 heteroatoms. The molecule has 3 rings (SSSR count). The second-order valence-corrected chi connectivity index (χ2v) is 6.45. The number of carboxylic acids is 1. The number of methoxy groups -OCH3 is 1. The van der Waals surface area contributed by atoms with Crippen LogP contribution in [0.15, 0.2) is 54.7 Å². The number of aromatic nitrogens is 1. The zero-order valence-electron chi connectivity index (χ0n) is 14.1. The third-order valence-corrected chi connectivity index (χ3v) is 4.53. The fourth-order valence-electron chi connectivity index (χ4n) is 2.27. The van der Waals surface area contributed by atoms with Crippen molar-refractivity contribution >= 4 is 29.5 Å². The topological polar surface area (TPSA) is 68.7 Å². The summed E-state index contributed by atoms with van der Waals surface area (Å²) in [4.78, 5) is 15.2. The van der Waals surface area contributed by atoms with Crippen molar-refractivity contribution in [1.82, 2.24) is 4.98 Å². The van der Waals surface area contributed by atoms with Gasteiger partial charge in [0.15, 0.2) is 11.5 Å². The predicted octanol–water partition coefficient (Wildman–Crippen LogP) is 4.60. The number of nitrogens with zero attached hydrogens (tertiary/aromatic N) is 1. The van der Waals surface area contributed by atoms with Crippen molar-refractivity contribution in [2.45, 2.75) is 6.61 Å². The highest BCUT2D eigenvalue weighted by molar-refractivity contribution is 7.14. The van der Waals surface area contributed by atoms with Crippen LogP contribution in [0.4, 0.5) is 0 Å². The molecule has 1 N–H and O–H groups in total. The van der Waals surface area contributed by atoms with Gasteiger partial charge in [0.05, 0.1) is 13.3 Å². The van der Waals surface area contributed by atoms with Gasteiger partial charge in [-0.2, -0.15) is 0 Å². The lowest BCUT2D eigenvalue weighted by atomic mass is 10.2. The van der Waals surface area contributed by atoms with Crippen LogP contribution in [0, 0.1) is 0 Å². The maximum absolute atomic E-state index is 10.9. The zero-order valence-corrected chi connectivity index (χ0v) is 14.9. The summed E-state index contributed by atoms with van der Waals surface area (Å²) in [5.74, 6) is 0.327. The smallest absolute Gasteiger partial charge is 0.347 e. The van der Waals surface area contributed by atoms with Gasteiger partial charge in [-0.3, -0.25) is 0 Å². The Kier molecular flexibility index (Phi) is 5.66. The van der Waals surface area contributed by atoms with Crippen LogP contribution in [-0.2, 0) is 6.61 Å². The summed E-state index contributed by atoms with van der Waals surface area (Å²) < 4.78 is 11.2. The maximum atomic E-state index is 10.9. The lowest BCUT2D eigenvalue weighted by Gasteiger charge is -2.11. The second-order valence-electron chi connectivity index (χ2n) is 5.39. The van der Waals surface area contributed by atoms with Crippen molar-refractivity contribution in [3.05, 3.63) is 75.7 Å². The molecule has 0 aliphatic rings. The van der Waals surface area contributed by atoms with Crippen LogP contribution in [0.5, 0.6) is 11.5 Å². The first-order valence-corrected chi connectivity index (χ1v) is 8.69. The summed E-state index contributed by atoms with van der Waals surface area (Å²) in [5, 5.41) is 9.56. The van der Waals surface area contributed by atoms with E-state index in [1.807, 2.05) is 54.6 Å². The largest absolute Gasteiger partial charge is 0.493 e. The van der Waals surface area contributed by atoms with Crippen LogP contribution in [0.2, 0.25) is 0 Å². The minimum Gasteiger partial charge on any atom is -0.493 e. The Balaban J connectivity index is 1.71. The van der Waals surface area contributed by atoms with Crippen molar-refractivity contribution in [1.29, 1.82) is 0 Å². The Bertz CT molecular complexity index is 919. The van der Waals surface area contributed by atoms with Gasteiger partial charge in [-0.15, -0.1) is 11.3 Å². The zero-order chi connectivity index (χ0) is 18.4. The quantitative estimate of drug-likeness (QED) is 0.661. The first-order valence-electron chi connectivity index (χ1n) is 7.87. The van der Waals surface area contributed by atoms with Crippen molar-refractivity contribution in [2.75, 3.05) is 7.11 Å². The molecule has 0 saturated heterocycles. The molecule has 1 aromatic heterocycles. The summed E-state index contributed by atoms with van der Waals surface area (Å²) in [6, 6.07) is 15.5. The number of carboxylic acid groups (broad SMARTS) is 1. The van der Waals surface area contributed by atoms with Gasteiger partial charge in [0.2, 0.25) is 0 Å². The number of thiazole rings is 1. The van der Waals surface area contributed by atoms with E-state index in [9.17, 15) is 4.79 Å². The summed E-state index contributed by atoms with van der Waals surface area (Å²) in [5.41, 5.74) is 1.98. The second kappa shape index (κ2) is 8.31. The van der Waals surface area contributed by atoms with Crippen LogP contribution >= 0.6 is 11.3 Å². The van der Waals surface area contributed by atoms with Gasteiger partial charge in [0.1, 0.15) is 16.5 Å². The van der Waals surface area contributed by atoms with Gasteiger partial charge in [0.25, 0.3) is 0 Å². The molecule has 2 aromatic carbocycles. The van der Waals surface area contributed by atoms with Gasteiger partial charge in [-0.1, -0.05) is 42.5 Å². The SMILES string of the molecule is COc1cc(/C=C\c2ncc(C(=O)O)s2)ccc1OCc1ccccc1. The van der Waals surface area contributed by atoms with E-state index >= 15 is 0 Å². The molecule has 132 valence electrons. The van der Waals surface area contributed by atoms with Gasteiger partial charge >= 0.3 is 5.97 Å². The predicted molar refractivity (Wildman–Crippen MR) is 102 cm³/mol. The Morgan fingerprint density at radius 2 is 1.96 bits per heavy atom. The molecule has 0 atom stereocenters. The van der Waals surface area contributed by atoms with Gasteiger partial charge < -0.3 is 14.6 Å². The van der Waals surface area contributed by atoms with Crippen LogP contribution in [-0.4, -0.2) is 23.2 Å². The Morgan fingerprint density at radius 1 is 1.15 bits per heavy atom. The Hall–Kier alpha value is -3.12. The van der Waals surface area contributed by atoms with Crippen molar-refractivity contribution in [2.24, 2.45) is 0 Å². The minimum atomic E-state index is -0.969. The van der Waals surface area contributed by atoms with Gasteiger partial charge in [-0.05, 0) is 29.3 Å². The molecule has 26 heavy (non-hydrogen) atoms. The lowest BCUT2D eigenvalue weighted by Crippen LogP contribution is -1.97. The number of rotatable bonds is 7. The monoisotopic (exact) mass is 367 g/mol. The van der Waals surface area contributed by atoms with E-state index in [0.717, 1.165) is 22.5 Å². The molecule has 3 aromatic rings.